The van der Waals surface area contributed by atoms with E-state index in [0.29, 0.717) is 5.69 Å². The van der Waals surface area contributed by atoms with Gasteiger partial charge in [0.05, 0.1) is 11.3 Å². The van der Waals surface area contributed by atoms with Gasteiger partial charge in [0.1, 0.15) is 0 Å². The molecule has 0 spiro atoms. The highest BCUT2D eigenvalue weighted by molar-refractivity contribution is 6.31. The van der Waals surface area contributed by atoms with Crippen molar-refractivity contribution in [3.05, 3.63) is 40.5 Å². The third-order valence-electron chi connectivity index (χ3n) is 2.65. The van der Waals surface area contributed by atoms with Gasteiger partial charge in [0.25, 0.3) is 5.91 Å². The maximum atomic E-state index is 12.7. The number of primary amides is 1. The minimum Gasteiger partial charge on any atom is -0.364 e. The third kappa shape index (κ3) is 2.77. The summed E-state index contributed by atoms with van der Waals surface area (Å²) in [6.07, 6.45) is -4.51. The van der Waals surface area contributed by atoms with Gasteiger partial charge in [-0.05, 0) is 24.3 Å². The van der Waals surface area contributed by atoms with Crippen LogP contribution in [0, 0.1) is 0 Å². The fourth-order valence-electron chi connectivity index (χ4n) is 1.76. The molecule has 0 bridgehead atoms. The van der Waals surface area contributed by atoms with E-state index in [1.54, 1.807) is 0 Å². The second kappa shape index (κ2) is 4.82. The van der Waals surface area contributed by atoms with Crippen LogP contribution in [-0.4, -0.2) is 15.7 Å². The number of amides is 1. The zero-order valence-corrected chi connectivity index (χ0v) is 11.0. The second-order valence-corrected chi connectivity index (χ2v) is 4.57. The molecule has 106 valence electrons. The molecule has 0 atom stereocenters. The molecule has 20 heavy (non-hydrogen) atoms. The SMILES string of the molecule is Cn1nc(C(N)=O)cc1-c1cc(Cl)cc(C(F)(F)F)c1. The van der Waals surface area contributed by atoms with E-state index in [9.17, 15) is 18.0 Å². The molecule has 0 aliphatic heterocycles. The molecule has 0 unspecified atom stereocenters. The lowest BCUT2D eigenvalue weighted by molar-refractivity contribution is -0.137. The van der Waals surface area contributed by atoms with Gasteiger partial charge in [-0.3, -0.25) is 9.48 Å². The summed E-state index contributed by atoms with van der Waals surface area (Å²) in [7, 11) is 1.50. The predicted molar refractivity (Wildman–Crippen MR) is 67.2 cm³/mol. The van der Waals surface area contributed by atoms with Crippen LogP contribution in [0.5, 0.6) is 0 Å². The summed E-state index contributed by atoms with van der Waals surface area (Å²) in [5, 5.41) is 3.77. The quantitative estimate of drug-likeness (QED) is 0.927. The van der Waals surface area contributed by atoms with E-state index in [0.717, 1.165) is 12.1 Å². The first kappa shape index (κ1) is 14.4. The molecule has 2 aromatic rings. The van der Waals surface area contributed by atoms with Crippen LogP contribution in [0.2, 0.25) is 5.02 Å². The first-order chi connectivity index (χ1) is 9.18. The number of nitrogens with zero attached hydrogens (tertiary/aromatic N) is 2. The van der Waals surface area contributed by atoms with Crippen molar-refractivity contribution in [2.75, 3.05) is 0 Å². The Hall–Kier alpha value is -2.02. The van der Waals surface area contributed by atoms with E-state index < -0.39 is 17.6 Å². The van der Waals surface area contributed by atoms with Crippen LogP contribution in [-0.2, 0) is 13.2 Å². The van der Waals surface area contributed by atoms with Crippen LogP contribution in [0.4, 0.5) is 13.2 Å². The molecule has 4 nitrogen and oxygen atoms in total. The lowest BCUT2D eigenvalue weighted by Crippen LogP contribution is -2.11. The fourth-order valence-corrected chi connectivity index (χ4v) is 1.99. The van der Waals surface area contributed by atoms with Crippen molar-refractivity contribution in [2.24, 2.45) is 12.8 Å². The summed E-state index contributed by atoms with van der Waals surface area (Å²) in [5.74, 6) is -0.759. The Balaban J connectivity index is 2.58. The molecule has 8 heteroatoms. The predicted octanol–water partition coefficient (Wildman–Crippen LogP) is 2.86. The highest BCUT2D eigenvalue weighted by atomic mass is 35.5. The summed E-state index contributed by atoms with van der Waals surface area (Å²) >= 11 is 5.71. The first-order valence-electron chi connectivity index (χ1n) is 5.40. The number of aromatic nitrogens is 2. The zero-order valence-electron chi connectivity index (χ0n) is 10.2. The van der Waals surface area contributed by atoms with Crippen LogP contribution in [0.1, 0.15) is 16.1 Å². The van der Waals surface area contributed by atoms with Gasteiger partial charge in [0.2, 0.25) is 0 Å². The topological polar surface area (TPSA) is 60.9 Å². The molecule has 0 aliphatic carbocycles. The largest absolute Gasteiger partial charge is 0.416 e. The molecule has 1 aromatic heterocycles. The molecular formula is C12H9ClF3N3O. The van der Waals surface area contributed by atoms with Crippen molar-refractivity contribution in [1.29, 1.82) is 0 Å². The van der Waals surface area contributed by atoms with Gasteiger partial charge >= 0.3 is 6.18 Å². The number of alkyl halides is 3. The lowest BCUT2D eigenvalue weighted by atomic mass is 10.1. The van der Waals surface area contributed by atoms with E-state index in [1.807, 2.05) is 0 Å². The van der Waals surface area contributed by atoms with Gasteiger partial charge in [0, 0.05) is 17.6 Å². The van der Waals surface area contributed by atoms with Crippen LogP contribution < -0.4 is 5.73 Å². The first-order valence-corrected chi connectivity index (χ1v) is 5.78. The summed E-state index contributed by atoms with van der Waals surface area (Å²) < 4.78 is 39.5. The van der Waals surface area contributed by atoms with E-state index in [1.165, 1.54) is 23.9 Å². The highest BCUT2D eigenvalue weighted by Gasteiger charge is 2.31. The standard InChI is InChI=1S/C12H9ClF3N3O/c1-19-10(5-9(18-19)11(17)20)6-2-7(12(14,15)16)4-8(13)3-6/h2-5H,1H3,(H2,17,20). The molecule has 2 rings (SSSR count). The molecule has 1 aromatic carbocycles. The summed E-state index contributed by atoms with van der Waals surface area (Å²) in [4.78, 5) is 11.0. The molecule has 0 aliphatic rings. The van der Waals surface area contributed by atoms with Crippen LogP contribution in [0.25, 0.3) is 11.3 Å². The number of halogens is 4. The summed E-state index contributed by atoms with van der Waals surface area (Å²) in [6.45, 7) is 0. The average molecular weight is 304 g/mol. The molecule has 2 N–H and O–H groups in total. The third-order valence-corrected chi connectivity index (χ3v) is 2.87. The number of benzene rings is 1. The molecule has 0 fully saturated rings. The van der Waals surface area contributed by atoms with Crippen molar-refractivity contribution in [3.8, 4) is 11.3 Å². The minimum atomic E-state index is -4.51. The summed E-state index contributed by atoms with van der Waals surface area (Å²) in [5.41, 5.74) is 4.69. The van der Waals surface area contributed by atoms with Crippen LogP contribution >= 0.6 is 11.6 Å². The smallest absolute Gasteiger partial charge is 0.364 e. The molecule has 1 heterocycles. The Labute approximate surface area is 116 Å². The van der Waals surface area contributed by atoms with Crippen molar-refractivity contribution < 1.29 is 18.0 Å². The van der Waals surface area contributed by atoms with Crippen molar-refractivity contribution in [3.63, 3.8) is 0 Å². The van der Waals surface area contributed by atoms with Crippen molar-refractivity contribution in [1.82, 2.24) is 9.78 Å². The van der Waals surface area contributed by atoms with Crippen LogP contribution in [0.3, 0.4) is 0 Å². The van der Waals surface area contributed by atoms with Crippen LogP contribution in [0.15, 0.2) is 24.3 Å². The number of nitrogens with two attached hydrogens (primary N) is 1. The van der Waals surface area contributed by atoms with Gasteiger partial charge in [-0.25, -0.2) is 0 Å². The Morgan fingerprint density at radius 2 is 1.95 bits per heavy atom. The second-order valence-electron chi connectivity index (χ2n) is 4.13. The number of aryl methyl sites for hydroxylation is 1. The van der Waals surface area contributed by atoms with E-state index >= 15 is 0 Å². The van der Waals surface area contributed by atoms with E-state index in [4.69, 9.17) is 17.3 Å². The van der Waals surface area contributed by atoms with Crippen molar-refractivity contribution in [2.45, 2.75) is 6.18 Å². The summed E-state index contributed by atoms with van der Waals surface area (Å²) in [6, 6.07) is 4.44. The Bertz CT molecular complexity index is 679. The number of hydrogen-bond donors (Lipinski definition) is 1. The fraction of sp³-hybridized carbons (Fsp3) is 0.167. The normalized spacial score (nSPS) is 11.7. The minimum absolute atomic E-state index is 0.0314. The van der Waals surface area contributed by atoms with Gasteiger partial charge in [-0.15, -0.1) is 0 Å². The molecular weight excluding hydrogens is 295 g/mol. The number of carbonyl (C=O) groups is 1. The van der Waals surface area contributed by atoms with E-state index in [2.05, 4.69) is 5.10 Å². The van der Waals surface area contributed by atoms with E-state index in [-0.39, 0.29) is 16.3 Å². The number of hydrogen-bond acceptors (Lipinski definition) is 2. The Morgan fingerprint density at radius 1 is 1.30 bits per heavy atom. The number of rotatable bonds is 2. The Kier molecular flexibility index (Phi) is 3.47. The Morgan fingerprint density at radius 3 is 2.45 bits per heavy atom. The van der Waals surface area contributed by atoms with Gasteiger partial charge in [-0.1, -0.05) is 11.6 Å². The van der Waals surface area contributed by atoms with Gasteiger partial charge in [-0.2, -0.15) is 18.3 Å². The van der Waals surface area contributed by atoms with Gasteiger partial charge < -0.3 is 5.73 Å². The molecule has 0 saturated carbocycles. The monoisotopic (exact) mass is 303 g/mol. The maximum absolute atomic E-state index is 12.7. The zero-order chi connectivity index (χ0) is 15.1. The maximum Gasteiger partial charge on any atom is 0.416 e. The highest BCUT2D eigenvalue weighted by Crippen LogP contribution is 2.34. The van der Waals surface area contributed by atoms with Crippen molar-refractivity contribution >= 4 is 17.5 Å². The number of carbonyl (C=O) groups excluding carboxylic acids is 1. The molecule has 1 amide bonds. The average Bonchev–Trinajstić information content (AvgIpc) is 2.69. The molecule has 0 saturated heterocycles. The van der Waals surface area contributed by atoms with Gasteiger partial charge in [0.15, 0.2) is 5.69 Å². The molecule has 0 radical (unpaired) electrons. The lowest BCUT2D eigenvalue weighted by Gasteiger charge is -2.10.